The van der Waals surface area contributed by atoms with E-state index in [9.17, 15) is 19.2 Å². The predicted molar refractivity (Wildman–Crippen MR) is 101 cm³/mol. The fourth-order valence-corrected chi connectivity index (χ4v) is 2.20. The Hall–Kier alpha value is -2.12. The van der Waals surface area contributed by atoms with Gasteiger partial charge in [-0.2, -0.15) is 0 Å². The van der Waals surface area contributed by atoms with E-state index < -0.39 is 36.1 Å². The van der Waals surface area contributed by atoms with E-state index in [0.717, 1.165) is 0 Å². The monoisotopic (exact) mass is 402 g/mol. The molecule has 0 heterocycles. The average molecular weight is 402 g/mol. The molecule has 0 aliphatic heterocycles. The highest BCUT2D eigenvalue weighted by Crippen LogP contribution is 2.12. The van der Waals surface area contributed by atoms with Gasteiger partial charge in [0.25, 0.3) is 0 Å². The number of carbonyl (C=O) groups is 4. The fraction of sp³-hybridized carbons (Fsp3) is 0.800. The van der Waals surface area contributed by atoms with E-state index >= 15 is 0 Å². The lowest BCUT2D eigenvalue weighted by atomic mass is 10.2. The van der Waals surface area contributed by atoms with Gasteiger partial charge < -0.3 is 18.9 Å². The first-order chi connectivity index (χ1) is 13.4. The van der Waals surface area contributed by atoms with Gasteiger partial charge in [0.05, 0.1) is 0 Å². The summed E-state index contributed by atoms with van der Waals surface area (Å²) in [4.78, 5) is 47.3. The zero-order valence-electron chi connectivity index (χ0n) is 17.5. The Balaban J connectivity index is 5.23. The third-order valence-corrected chi connectivity index (χ3v) is 3.61. The van der Waals surface area contributed by atoms with Crippen LogP contribution in [0.15, 0.2) is 0 Å². The summed E-state index contributed by atoms with van der Waals surface area (Å²) in [5, 5.41) is 0. The van der Waals surface area contributed by atoms with Crippen molar-refractivity contribution in [1.82, 2.24) is 0 Å². The minimum Gasteiger partial charge on any atom is -0.462 e. The van der Waals surface area contributed by atoms with Crippen LogP contribution in [0.4, 0.5) is 0 Å². The van der Waals surface area contributed by atoms with Crippen LogP contribution in [0.1, 0.15) is 79.1 Å². The number of rotatable bonds is 15. The van der Waals surface area contributed by atoms with E-state index in [-0.39, 0.29) is 38.9 Å². The first kappa shape index (κ1) is 25.9. The SMILES string of the molecule is CCCC(=O)OCC(OC(=O)CCC)C(COC(=O)CCC)OC(=O)CCC. The van der Waals surface area contributed by atoms with Gasteiger partial charge >= 0.3 is 23.9 Å². The molecular formula is C20H34O8. The molecule has 2 atom stereocenters. The van der Waals surface area contributed by atoms with E-state index in [0.29, 0.717) is 25.7 Å². The summed E-state index contributed by atoms with van der Waals surface area (Å²) < 4.78 is 21.0. The van der Waals surface area contributed by atoms with Gasteiger partial charge in [-0.15, -0.1) is 0 Å². The van der Waals surface area contributed by atoms with Gasteiger partial charge in [-0.1, -0.05) is 27.7 Å². The molecule has 0 bridgehead atoms. The summed E-state index contributed by atoms with van der Waals surface area (Å²) >= 11 is 0. The number of carbonyl (C=O) groups excluding carboxylic acids is 4. The Morgan fingerprint density at radius 2 is 0.821 bits per heavy atom. The average Bonchev–Trinajstić information content (AvgIpc) is 2.63. The summed E-state index contributed by atoms with van der Waals surface area (Å²) in [5.41, 5.74) is 0. The molecule has 0 fully saturated rings. The van der Waals surface area contributed by atoms with Gasteiger partial charge in [-0.3, -0.25) is 19.2 Å². The molecular weight excluding hydrogens is 368 g/mol. The third-order valence-electron chi connectivity index (χ3n) is 3.61. The maximum atomic E-state index is 12.0. The van der Waals surface area contributed by atoms with Crippen molar-refractivity contribution in [3.05, 3.63) is 0 Å². The first-order valence-corrected chi connectivity index (χ1v) is 10.1. The zero-order chi connectivity index (χ0) is 21.4. The highest BCUT2D eigenvalue weighted by molar-refractivity contribution is 5.71. The van der Waals surface area contributed by atoms with E-state index in [1.54, 1.807) is 0 Å². The lowest BCUT2D eigenvalue weighted by Crippen LogP contribution is -2.42. The number of hydrogen-bond acceptors (Lipinski definition) is 8. The molecule has 2 unspecified atom stereocenters. The quantitative estimate of drug-likeness (QED) is 0.304. The molecule has 0 rings (SSSR count). The van der Waals surface area contributed by atoms with Crippen molar-refractivity contribution in [2.75, 3.05) is 13.2 Å². The molecule has 0 aromatic rings. The van der Waals surface area contributed by atoms with Crippen LogP contribution in [0.3, 0.4) is 0 Å². The van der Waals surface area contributed by atoms with Crippen molar-refractivity contribution in [2.45, 2.75) is 91.3 Å². The van der Waals surface area contributed by atoms with E-state index in [2.05, 4.69) is 0 Å². The Morgan fingerprint density at radius 1 is 0.536 bits per heavy atom. The smallest absolute Gasteiger partial charge is 0.306 e. The first-order valence-electron chi connectivity index (χ1n) is 10.1. The molecule has 0 saturated heterocycles. The van der Waals surface area contributed by atoms with Crippen molar-refractivity contribution < 1.29 is 38.1 Å². The molecule has 0 radical (unpaired) electrons. The Kier molecular flexibility index (Phi) is 14.7. The summed E-state index contributed by atoms with van der Waals surface area (Å²) in [6.07, 6.45) is 1.08. The topological polar surface area (TPSA) is 105 Å². The van der Waals surface area contributed by atoms with Crippen LogP contribution in [-0.2, 0) is 38.1 Å². The summed E-state index contributed by atoms with van der Waals surface area (Å²) in [7, 11) is 0. The second kappa shape index (κ2) is 15.9. The standard InChI is InChI=1S/C20H34O8/c1-5-9-17(21)25-13-15(27-19(23)11-7-3)16(28-20(24)12-8-4)14-26-18(22)10-6-2/h15-16H,5-14H2,1-4H3. The highest BCUT2D eigenvalue weighted by atomic mass is 16.6. The molecule has 0 amide bonds. The molecule has 8 nitrogen and oxygen atoms in total. The van der Waals surface area contributed by atoms with Crippen LogP contribution < -0.4 is 0 Å². The van der Waals surface area contributed by atoms with E-state index in [1.807, 2.05) is 27.7 Å². The van der Waals surface area contributed by atoms with Gasteiger partial charge in [0.1, 0.15) is 13.2 Å². The van der Waals surface area contributed by atoms with E-state index in [1.165, 1.54) is 0 Å². The summed E-state index contributed by atoms with van der Waals surface area (Å²) in [6.45, 7) is 6.77. The lowest BCUT2D eigenvalue weighted by Gasteiger charge is -2.26. The van der Waals surface area contributed by atoms with Crippen molar-refractivity contribution in [2.24, 2.45) is 0 Å². The second-order valence-corrected chi connectivity index (χ2v) is 6.42. The number of ether oxygens (including phenoxy) is 4. The van der Waals surface area contributed by atoms with Crippen molar-refractivity contribution >= 4 is 23.9 Å². The van der Waals surface area contributed by atoms with Gasteiger partial charge in [0.2, 0.25) is 0 Å². The minimum absolute atomic E-state index is 0.171. The van der Waals surface area contributed by atoms with Crippen molar-refractivity contribution in [3.63, 3.8) is 0 Å². The van der Waals surface area contributed by atoms with Crippen LogP contribution in [0.2, 0.25) is 0 Å². The minimum atomic E-state index is -1.05. The van der Waals surface area contributed by atoms with Gasteiger partial charge in [0.15, 0.2) is 12.2 Å². The molecule has 0 aromatic heterocycles. The van der Waals surface area contributed by atoms with Crippen LogP contribution in [0.5, 0.6) is 0 Å². The summed E-state index contributed by atoms with van der Waals surface area (Å²) in [6, 6.07) is 0. The molecule has 28 heavy (non-hydrogen) atoms. The normalized spacial score (nSPS) is 12.6. The summed E-state index contributed by atoms with van der Waals surface area (Å²) in [5.74, 6) is -1.90. The highest BCUT2D eigenvalue weighted by Gasteiger charge is 2.31. The second-order valence-electron chi connectivity index (χ2n) is 6.42. The van der Waals surface area contributed by atoms with Crippen LogP contribution in [0.25, 0.3) is 0 Å². The predicted octanol–water partition coefficient (Wildman–Crippen LogP) is 3.10. The van der Waals surface area contributed by atoms with E-state index in [4.69, 9.17) is 18.9 Å². The third kappa shape index (κ3) is 12.3. The van der Waals surface area contributed by atoms with Gasteiger partial charge in [0, 0.05) is 25.7 Å². The van der Waals surface area contributed by atoms with Gasteiger partial charge in [-0.05, 0) is 25.7 Å². The molecule has 162 valence electrons. The maximum absolute atomic E-state index is 12.0. The maximum Gasteiger partial charge on any atom is 0.306 e. The fourth-order valence-electron chi connectivity index (χ4n) is 2.20. The largest absolute Gasteiger partial charge is 0.462 e. The molecule has 0 saturated carbocycles. The molecule has 0 spiro atoms. The molecule has 0 aliphatic rings. The number of esters is 4. The zero-order valence-corrected chi connectivity index (χ0v) is 17.5. The van der Waals surface area contributed by atoms with Crippen molar-refractivity contribution in [1.29, 1.82) is 0 Å². The molecule has 8 heteroatoms. The Labute approximate surface area is 167 Å². The Bertz CT molecular complexity index is 445. The van der Waals surface area contributed by atoms with Gasteiger partial charge in [-0.25, -0.2) is 0 Å². The number of hydrogen-bond donors (Lipinski definition) is 0. The Morgan fingerprint density at radius 3 is 1.11 bits per heavy atom. The van der Waals surface area contributed by atoms with Crippen LogP contribution >= 0.6 is 0 Å². The van der Waals surface area contributed by atoms with Crippen LogP contribution in [-0.4, -0.2) is 49.3 Å². The van der Waals surface area contributed by atoms with Crippen LogP contribution in [0, 0.1) is 0 Å². The molecule has 0 N–H and O–H groups in total. The molecule has 0 aromatic carbocycles. The molecule has 0 aliphatic carbocycles. The lowest BCUT2D eigenvalue weighted by molar-refractivity contribution is -0.182. The van der Waals surface area contributed by atoms with Crippen molar-refractivity contribution in [3.8, 4) is 0 Å².